The first-order valence-corrected chi connectivity index (χ1v) is 6.78. The Morgan fingerprint density at radius 2 is 1.95 bits per heavy atom. The van der Waals surface area contributed by atoms with Gasteiger partial charge in [0.25, 0.3) is 5.69 Å². The van der Waals surface area contributed by atoms with Crippen molar-refractivity contribution in [2.24, 2.45) is 0 Å². The molecule has 7 heteroatoms. The highest BCUT2D eigenvalue weighted by atomic mass is 79.9. The van der Waals surface area contributed by atoms with E-state index in [1.165, 1.54) is 12.1 Å². The molecule has 2 N–H and O–H groups in total. The molecule has 2 rings (SSSR count). The second-order valence-corrected chi connectivity index (χ2v) is 5.06. The Kier molecular flexibility index (Phi) is 4.54. The normalized spacial score (nSPS) is 10.1. The Balaban J connectivity index is 2.32. The fourth-order valence-electron chi connectivity index (χ4n) is 1.93. The van der Waals surface area contributed by atoms with Crippen LogP contribution >= 0.6 is 15.9 Å². The number of nitrogens with one attached hydrogen (secondary N) is 1. The summed E-state index contributed by atoms with van der Waals surface area (Å²) in [6.07, 6.45) is 0. The summed E-state index contributed by atoms with van der Waals surface area (Å²) in [5, 5.41) is 23.2. The van der Waals surface area contributed by atoms with Crippen LogP contribution in [0, 0.1) is 10.1 Å². The minimum atomic E-state index is -1.31. The molecule has 0 fully saturated rings. The van der Waals surface area contributed by atoms with Gasteiger partial charge >= 0.3 is 5.97 Å². The number of nitrogens with zero attached hydrogens (tertiary/aromatic N) is 1. The molecule has 0 amide bonds. The van der Waals surface area contributed by atoms with Crippen LogP contribution in [0.5, 0.6) is 0 Å². The smallest absolute Gasteiger partial charge is 0.343 e. The minimum Gasteiger partial charge on any atom is -0.477 e. The van der Waals surface area contributed by atoms with Crippen molar-refractivity contribution < 1.29 is 14.8 Å². The van der Waals surface area contributed by atoms with Crippen molar-refractivity contribution in [1.29, 1.82) is 0 Å². The number of benzene rings is 2. The highest BCUT2D eigenvalue weighted by Crippen LogP contribution is 2.25. The molecule has 0 aliphatic rings. The molecule has 0 aliphatic carbocycles. The molecule has 0 heterocycles. The van der Waals surface area contributed by atoms with Gasteiger partial charge in [-0.1, -0.05) is 24.3 Å². The van der Waals surface area contributed by atoms with Crippen LogP contribution in [-0.2, 0) is 6.54 Å². The molecule has 0 bridgehead atoms. The molecular weight excluding hydrogens is 340 g/mol. The second kappa shape index (κ2) is 6.36. The van der Waals surface area contributed by atoms with Crippen molar-refractivity contribution in [3.63, 3.8) is 0 Å². The number of para-hydroxylation sites is 1. The number of anilines is 1. The van der Waals surface area contributed by atoms with Crippen molar-refractivity contribution in [2.45, 2.75) is 6.54 Å². The predicted octanol–water partition coefficient (Wildman–Crippen LogP) is 3.67. The van der Waals surface area contributed by atoms with E-state index in [1.54, 1.807) is 6.07 Å². The molecule has 0 unspecified atom stereocenters. The number of hydrogen-bond acceptors (Lipinski definition) is 4. The van der Waals surface area contributed by atoms with Gasteiger partial charge in [-0.25, -0.2) is 4.79 Å². The summed E-state index contributed by atoms with van der Waals surface area (Å²) in [6, 6.07) is 11.6. The van der Waals surface area contributed by atoms with Crippen LogP contribution in [0.4, 0.5) is 11.4 Å². The van der Waals surface area contributed by atoms with E-state index in [4.69, 9.17) is 0 Å². The summed E-state index contributed by atoms with van der Waals surface area (Å²) in [5.41, 5.74) is 0.434. The fraction of sp³-hybridized carbons (Fsp3) is 0.0714. The monoisotopic (exact) mass is 350 g/mol. The van der Waals surface area contributed by atoms with Crippen molar-refractivity contribution in [1.82, 2.24) is 0 Å². The molecule has 6 nitrogen and oxygen atoms in total. The Labute approximate surface area is 128 Å². The van der Waals surface area contributed by atoms with Crippen molar-refractivity contribution in [2.75, 3.05) is 5.32 Å². The lowest BCUT2D eigenvalue weighted by atomic mass is 10.1. The average Bonchev–Trinajstić information content (AvgIpc) is 2.45. The first-order chi connectivity index (χ1) is 10.0. The Morgan fingerprint density at radius 3 is 2.57 bits per heavy atom. The maximum Gasteiger partial charge on any atom is 0.343 e. The van der Waals surface area contributed by atoms with Crippen molar-refractivity contribution >= 4 is 33.3 Å². The van der Waals surface area contributed by atoms with Gasteiger partial charge in [-0.3, -0.25) is 10.1 Å². The molecule has 108 valence electrons. The molecule has 0 spiro atoms. The van der Waals surface area contributed by atoms with Gasteiger partial charge in [0.1, 0.15) is 5.56 Å². The van der Waals surface area contributed by atoms with Gasteiger partial charge in [-0.15, -0.1) is 0 Å². The van der Waals surface area contributed by atoms with Crippen LogP contribution in [0.15, 0.2) is 46.9 Å². The van der Waals surface area contributed by atoms with E-state index < -0.39 is 16.6 Å². The van der Waals surface area contributed by atoms with Gasteiger partial charge in [-0.05, 0) is 33.6 Å². The summed E-state index contributed by atoms with van der Waals surface area (Å²) in [6.45, 7) is 0.173. The first kappa shape index (κ1) is 15.0. The molecular formula is C14H11BrN2O4. The fourth-order valence-corrected chi connectivity index (χ4v) is 2.35. The lowest BCUT2D eigenvalue weighted by Gasteiger charge is -2.10. The zero-order valence-electron chi connectivity index (χ0n) is 10.7. The van der Waals surface area contributed by atoms with Gasteiger partial charge < -0.3 is 10.4 Å². The number of nitro groups is 1. The van der Waals surface area contributed by atoms with E-state index in [0.29, 0.717) is 5.56 Å². The topological polar surface area (TPSA) is 92.5 Å². The first-order valence-electron chi connectivity index (χ1n) is 5.98. The maximum absolute atomic E-state index is 11.3. The Morgan fingerprint density at radius 1 is 1.24 bits per heavy atom. The number of hydrogen-bond donors (Lipinski definition) is 2. The van der Waals surface area contributed by atoms with Gasteiger partial charge in [0, 0.05) is 22.8 Å². The number of carboxylic acid groups (broad SMARTS) is 1. The third kappa shape index (κ3) is 3.38. The zero-order chi connectivity index (χ0) is 15.4. The predicted molar refractivity (Wildman–Crippen MR) is 81.5 cm³/mol. The largest absolute Gasteiger partial charge is 0.477 e. The van der Waals surface area contributed by atoms with Crippen LogP contribution in [0.1, 0.15) is 15.9 Å². The second-order valence-electron chi connectivity index (χ2n) is 4.21. The van der Waals surface area contributed by atoms with E-state index >= 15 is 0 Å². The molecule has 2 aromatic rings. The Hall–Kier alpha value is -2.41. The van der Waals surface area contributed by atoms with Crippen LogP contribution in [-0.4, -0.2) is 16.0 Å². The van der Waals surface area contributed by atoms with Crippen LogP contribution in [0.2, 0.25) is 0 Å². The van der Waals surface area contributed by atoms with E-state index in [-0.39, 0.29) is 12.1 Å². The lowest BCUT2D eigenvalue weighted by Crippen LogP contribution is -2.10. The number of aromatic carboxylic acids is 1. The third-order valence-corrected chi connectivity index (χ3v) is 3.57. The van der Waals surface area contributed by atoms with Crippen LogP contribution < -0.4 is 5.32 Å². The number of rotatable bonds is 5. The molecule has 0 aliphatic heterocycles. The van der Waals surface area contributed by atoms with Gasteiger partial charge in [-0.2, -0.15) is 0 Å². The molecule has 2 aromatic carbocycles. The minimum absolute atomic E-state index is 0.173. The van der Waals surface area contributed by atoms with E-state index in [9.17, 15) is 20.0 Å². The van der Waals surface area contributed by atoms with Crippen molar-refractivity contribution in [3.05, 3.63) is 68.2 Å². The number of nitro benzene ring substituents is 1. The lowest BCUT2D eigenvalue weighted by molar-refractivity contribution is -0.385. The highest BCUT2D eigenvalue weighted by molar-refractivity contribution is 9.10. The third-order valence-electron chi connectivity index (χ3n) is 2.88. The summed E-state index contributed by atoms with van der Waals surface area (Å²) in [7, 11) is 0. The maximum atomic E-state index is 11.3. The number of halogens is 1. The number of carboxylic acids is 1. The van der Waals surface area contributed by atoms with Crippen LogP contribution in [0.3, 0.4) is 0 Å². The molecule has 0 aromatic heterocycles. The summed E-state index contributed by atoms with van der Waals surface area (Å²) < 4.78 is 0.826. The summed E-state index contributed by atoms with van der Waals surface area (Å²) in [4.78, 5) is 21.5. The van der Waals surface area contributed by atoms with E-state index in [2.05, 4.69) is 21.2 Å². The van der Waals surface area contributed by atoms with Crippen molar-refractivity contribution in [3.8, 4) is 0 Å². The molecule has 0 saturated carbocycles. The SMILES string of the molecule is O=C(O)c1c(CNc2ccccc2Br)cccc1[N+](=O)[O-]. The average molecular weight is 351 g/mol. The van der Waals surface area contributed by atoms with Gasteiger partial charge in [0.15, 0.2) is 0 Å². The molecule has 0 radical (unpaired) electrons. The van der Waals surface area contributed by atoms with Gasteiger partial charge in [0.2, 0.25) is 0 Å². The van der Waals surface area contributed by atoms with E-state index in [0.717, 1.165) is 10.2 Å². The van der Waals surface area contributed by atoms with Gasteiger partial charge in [0.05, 0.1) is 4.92 Å². The quantitative estimate of drug-likeness (QED) is 0.633. The Bertz CT molecular complexity index is 703. The highest BCUT2D eigenvalue weighted by Gasteiger charge is 2.23. The van der Waals surface area contributed by atoms with Crippen LogP contribution in [0.25, 0.3) is 0 Å². The summed E-state index contributed by atoms with van der Waals surface area (Å²) in [5.74, 6) is -1.31. The molecule has 21 heavy (non-hydrogen) atoms. The summed E-state index contributed by atoms with van der Waals surface area (Å²) >= 11 is 3.37. The zero-order valence-corrected chi connectivity index (χ0v) is 12.3. The number of carbonyl (C=O) groups is 1. The van der Waals surface area contributed by atoms with E-state index in [1.807, 2.05) is 24.3 Å². The molecule has 0 saturated heterocycles. The standard InChI is InChI=1S/C14H11BrN2O4/c15-10-5-1-2-6-11(10)16-8-9-4-3-7-12(17(20)21)13(9)14(18)19/h1-7,16H,8H2,(H,18,19). The molecule has 0 atom stereocenters.